The molecule has 0 unspecified atom stereocenters. The Morgan fingerprint density at radius 3 is 2.42 bits per heavy atom. The van der Waals surface area contributed by atoms with Gasteiger partial charge in [0.05, 0.1) is 19.8 Å². The molecular formula is C17H33F3N4O2. The van der Waals surface area contributed by atoms with E-state index >= 15 is 0 Å². The van der Waals surface area contributed by atoms with Crippen molar-refractivity contribution in [2.75, 3.05) is 66.7 Å². The molecule has 26 heavy (non-hydrogen) atoms. The lowest BCUT2D eigenvalue weighted by atomic mass is 9.93. The molecule has 1 rings (SSSR count). The van der Waals surface area contributed by atoms with Crippen LogP contribution >= 0.6 is 0 Å². The highest BCUT2D eigenvalue weighted by Gasteiger charge is 2.32. The molecule has 0 saturated carbocycles. The molecule has 0 amide bonds. The molecule has 9 heteroatoms. The Labute approximate surface area is 154 Å². The predicted octanol–water partition coefficient (Wildman–Crippen LogP) is 1.87. The standard InChI is InChI=1S/C17H33F3N4O2/c1-21-16(22-7-3-11-26-13-12-25-2)23-8-4-15-5-9-24(10-6-15)14-17(18,19)20/h15H,3-14H2,1-2H3,(H2,21,22,23). The van der Waals surface area contributed by atoms with Gasteiger partial charge in [0.1, 0.15) is 0 Å². The summed E-state index contributed by atoms with van der Waals surface area (Å²) in [5.74, 6) is 1.22. The second kappa shape index (κ2) is 13.2. The summed E-state index contributed by atoms with van der Waals surface area (Å²) in [7, 11) is 3.37. The van der Waals surface area contributed by atoms with E-state index in [-0.39, 0.29) is 0 Å². The summed E-state index contributed by atoms with van der Waals surface area (Å²) in [6, 6.07) is 0. The number of alkyl halides is 3. The Balaban J connectivity index is 2.05. The maximum absolute atomic E-state index is 12.4. The van der Waals surface area contributed by atoms with Gasteiger partial charge in [-0.15, -0.1) is 0 Å². The molecule has 0 atom stereocenters. The minimum absolute atomic E-state index is 0.472. The van der Waals surface area contributed by atoms with Gasteiger partial charge in [-0.1, -0.05) is 0 Å². The molecule has 0 aromatic rings. The lowest BCUT2D eigenvalue weighted by Gasteiger charge is -2.32. The minimum Gasteiger partial charge on any atom is -0.382 e. The van der Waals surface area contributed by atoms with Crippen LogP contribution < -0.4 is 10.6 Å². The molecule has 1 aliphatic rings. The smallest absolute Gasteiger partial charge is 0.382 e. The average Bonchev–Trinajstić information content (AvgIpc) is 2.59. The summed E-state index contributed by atoms with van der Waals surface area (Å²) in [5, 5.41) is 6.49. The SMILES string of the molecule is CN=C(NCCCOCCOC)NCCC1CCN(CC(F)(F)F)CC1. The number of ether oxygens (including phenoxy) is 2. The van der Waals surface area contributed by atoms with Crippen molar-refractivity contribution in [3.63, 3.8) is 0 Å². The van der Waals surface area contributed by atoms with Gasteiger partial charge in [-0.3, -0.25) is 9.89 Å². The van der Waals surface area contributed by atoms with E-state index in [9.17, 15) is 13.2 Å². The van der Waals surface area contributed by atoms with Gasteiger partial charge in [-0.05, 0) is 44.7 Å². The van der Waals surface area contributed by atoms with E-state index in [2.05, 4.69) is 15.6 Å². The van der Waals surface area contributed by atoms with Gasteiger partial charge < -0.3 is 20.1 Å². The van der Waals surface area contributed by atoms with Crippen molar-refractivity contribution < 1.29 is 22.6 Å². The topological polar surface area (TPSA) is 58.1 Å². The van der Waals surface area contributed by atoms with E-state index in [4.69, 9.17) is 9.47 Å². The maximum Gasteiger partial charge on any atom is 0.401 e. The summed E-state index contributed by atoms with van der Waals surface area (Å²) in [4.78, 5) is 5.67. The van der Waals surface area contributed by atoms with Crippen LogP contribution in [0.25, 0.3) is 0 Å². The van der Waals surface area contributed by atoms with Gasteiger partial charge in [-0.2, -0.15) is 13.2 Å². The molecule has 0 aromatic heterocycles. The molecule has 0 bridgehead atoms. The van der Waals surface area contributed by atoms with Crippen molar-refractivity contribution >= 4 is 5.96 Å². The van der Waals surface area contributed by atoms with E-state index < -0.39 is 12.7 Å². The third kappa shape index (κ3) is 11.5. The molecular weight excluding hydrogens is 349 g/mol. The zero-order chi connectivity index (χ0) is 19.3. The number of likely N-dealkylation sites (tertiary alicyclic amines) is 1. The van der Waals surface area contributed by atoms with Crippen molar-refractivity contribution in [2.45, 2.75) is 31.9 Å². The number of nitrogens with one attached hydrogen (secondary N) is 2. The van der Waals surface area contributed by atoms with Gasteiger partial charge in [0.15, 0.2) is 5.96 Å². The van der Waals surface area contributed by atoms with Crippen molar-refractivity contribution in [1.82, 2.24) is 15.5 Å². The number of methoxy groups -OCH3 is 1. The van der Waals surface area contributed by atoms with Crippen LogP contribution in [0.1, 0.15) is 25.7 Å². The average molecular weight is 382 g/mol. The summed E-state index contributed by atoms with van der Waals surface area (Å²) in [5.41, 5.74) is 0. The third-order valence-electron chi connectivity index (χ3n) is 4.37. The van der Waals surface area contributed by atoms with E-state index in [1.54, 1.807) is 14.2 Å². The molecule has 154 valence electrons. The fourth-order valence-electron chi connectivity index (χ4n) is 2.93. The highest BCUT2D eigenvalue weighted by atomic mass is 19.4. The van der Waals surface area contributed by atoms with E-state index in [1.165, 1.54) is 4.90 Å². The third-order valence-corrected chi connectivity index (χ3v) is 4.37. The number of hydrogen-bond acceptors (Lipinski definition) is 4. The van der Waals surface area contributed by atoms with Crippen molar-refractivity contribution in [2.24, 2.45) is 10.9 Å². The molecule has 1 fully saturated rings. The lowest BCUT2D eigenvalue weighted by molar-refractivity contribution is -0.148. The Hall–Kier alpha value is -1.06. The summed E-state index contributed by atoms with van der Waals surface area (Å²) < 4.78 is 47.5. The minimum atomic E-state index is -4.10. The van der Waals surface area contributed by atoms with E-state index in [0.29, 0.717) is 38.8 Å². The molecule has 0 aromatic carbocycles. The Morgan fingerprint density at radius 1 is 1.12 bits per heavy atom. The number of nitrogens with zero attached hydrogens (tertiary/aromatic N) is 2. The van der Waals surface area contributed by atoms with Gasteiger partial charge in [0.25, 0.3) is 0 Å². The first-order chi connectivity index (χ1) is 12.4. The second-order valence-corrected chi connectivity index (χ2v) is 6.51. The Bertz CT molecular complexity index is 387. The summed E-state index contributed by atoms with van der Waals surface area (Å²) >= 11 is 0. The molecule has 1 saturated heterocycles. The molecule has 0 aliphatic carbocycles. The Kier molecular flexibility index (Phi) is 11.6. The molecule has 1 aliphatic heterocycles. The zero-order valence-corrected chi connectivity index (χ0v) is 15.9. The van der Waals surface area contributed by atoms with Crippen molar-refractivity contribution in [3.8, 4) is 0 Å². The molecule has 2 N–H and O–H groups in total. The van der Waals surface area contributed by atoms with Crippen LogP contribution in [0.4, 0.5) is 13.2 Å². The van der Waals surface area contributed by atoms with Crippen LogP contribution in [0.15, 0.2) is 4.99 Å². The van der Waals surface area contributed by atoms with Gasteiger partial charge in [-0.25, -0.2) is 0 Å². The monoisotopic (exact) mass is 382 g/mol. The van der Waals surface area contributed by atoms with Crippen LogP contribution in [0, 0.1) is 5.92 Å². The molecule has 6 nitrogen and oxygen atoms in total. The van der Waals surface area contributed by atoms with Gasteiger partial charge in [0, 0.05) is 33.9 Å². The fraction of sp³-hybridized carbons (Fsp3) is 0.941. The van der Waals surface area contributed by atoms with Crippen LogP contribution in [0.2, 0.25) is 0 Å². The maximum atomic E-state index is 12.4. The highest BCUT2D eigenvalue weighted by molar-refractivity contribution is 5.79. The Morgan fingerprint density at radius 2 is 1.81 bits per heavy atom. The van der Waals surface area contributed by atoms with Crippen molar-refractivity contribution in [1.29, 1.82) is 0 Å². The normalized spacial score (nSPS) is 17.5. The number of rotatable bonds is 11. The first-order valence-electron chi connectivity index (χ1n) is 9.25. The number of halogens is 3. The number of guanidine groups is 1. The van der Waals surface area contributed by atoms with E-state index in [0.717, 1.165) is 44.7 Å². The fourth-order valence-corrected chi connectivity index (χ4v) is 2.93. The summed E-state index contributed by atoms with van der Waals surface area (Å²) in [6.07, 6.45) is -0.630. The molecule has 1 heterocycles. The highest BCUT2D eigenvalue weighted by Crippen LogP contribution is 2.23. The first-order valence-corrected chi connectivity index (χ1v) is 9.25. The van der Waals surface area contributed by atoms with Crippen LogP contribution in [0.3, 0.4) is 0 Å². The van der Waals surface area contributed by atoms with E-state index in [1.807, 2.05) is 0 Å². The number of piperidine rings is 1. The molecule has 0 radical (unpaired) electrons. The largest absolute Gasteiger partial charge is 0.401 e. The number of aliphatic imine (C=N–C) groups is 1. The predicted molar refractivity (Wildman–Crippen MR) is 96.5 cm³/mol. The van der Waals surface area contributed by atoms with Crippen molar-refractivity contribution in [3.05, 3.63) is 0 Å². The van der Waals surface area contributed by atoms with Gasteiger partial charge in [0.2, 0.25) is 0 Å². The molecule has 0 spiro atoms. The van der Waals surface area contributed by atoms with Crippen LogP contribution in [0.5, 0.6) is 0 Å². The zero-order valence-electron chi connectivity index (χ0n) is 15.9. The van der Waals surface area contributed by atoms with Gasteiger partial charge >= 0.3 is 6.18 Å². The quantitative estimate of drug-likeness (QED) is 0.325. The first kappa shape index (κ1) is 23.0. The summed E-state index contributed by atoms with van der Waals surface area (Å²) in [6.45, 7) is 3.68. The second-order valence-electron chi connectivity index (χ2n) is 6.51. The van der Waals surface area contributed by atoms with Crippen LogP contribution in [-0.2, 0) is 9.47 Å². The van der Waals surface area contributed by atoms with Crippen LogP contribution in [-0.4, -0.2) is 83.7 Å². The number of hydrogen-bond donors (Lipinski definition) is 2. The lowest BCUT2D eigenvalue weighted by Crippen LogP contribution is -2.41.